The van der Waals surface area contributed by atoms with E-state index in [9.17, 15) is 16.8 Å². The zero-order chi connectivity index (χ0) is 18.8. The Morgan fingerprint density at radius 2 is 1.58 bits per heavy atom. The second-order valence-corrected chi connectivity index (χ2v) is 10.5. The Bertz CT molecular complexity index is 827. The van der Waals surface area contributed by atoms with E-state index < -0.39 is 20.0 Å². The van der Waals surface area contributed by atoms with Crippen LogP contribution in [0.1, 0.15) is 5.56 Å². The highest BCUT2D eigenvalue weighted by molar-refractivity contribution is 7.89. The van der Waals surface area contributed by atoms with Gasteiger partial charge in [-0.3, -0.25) is 4.90 Å². The maximum atomic E-state index is 12.8. The number of rotatable bonds is 5. The third-order valence-corrected chi connectivity index (χ3v) is 7.91. The first-order valence-electron chi connectivity index (χ1n) is 8.61. The van der Waals surface area contributed by atoms with E-state index in [1.54, 1.807) is 18.2 Å². The van der Waals surface area contributed by atoms with Crippen LogP contribution < -0.4 is 0 Å². The van der Waals surface area contributed by atoms with Gasteiger partial charge in [0.05, 0.1) is 24.4 Å². The van der Waals surface area contributed by atoms with Crippen molar-refractivity contribution in [3.63, 3.8) is 0 Å². The number of morpholine rings is 1. The van der Waals surface area contributed by atoms with Crippen LogP contribution >= 0.6 is 0 Å². The summed E-state index contributed by atoms with van der Waals surface area (Å²) >= 11 is 0. The molecule has 10 heteroatoms. The molecule has 26 heavy (non-hydrogen) atoms. The van der Waals surface area contributed by atoms with Crippen molar-refractivity contribution in [2.45, 2.75) is 11.4 Å². The molecular formula is C16H25N3O5S2. The summed E-state index contributed by atoms with van der Waals surface area (Å²) in [7, 11) is -6.66. The summed E-state index contributed by atoms with van der Waals surface area (Å²) in [6.07, 6.45) is 1.22. The predicted molar refractivity (Wildman–Crippen MR) is 97.7 cm³/mol. The van der Waals surface area contributed by atoms with E-state index >= 15 is 0 Å². The molecule has 1 aromatic rings. The minimum Gasteiger partial charge on any atom is -0.379 e. The molecule has 146 valence electrons. The Balaban J connectivity index is 1.66. The number of piperazine rings is 1. The molecule has 0 radical (unpaired) electrons. The van der Waals surface area contributed by atoms with Gasteiger partial charge in [-0.15, -0.1) is 0 Å². The van der Waals surface area contributed by atoms with Crippen molar-refractivity contribution in [1.29, 1.82) is 0 Å². The minimum absolute atomic E-state index is 0.298. The topological polar surface area (TPSA) is 87.2 Å². The first-order valence-corrected chi connectivity index (χ1v) is 11.9. The standard InChI is InChI=1S/C16H25N3O5S2/c1-25(20,21)18-7-5-17(6-8-18)14-15-3-2-4-16(13-15)26(22,23)19-9-11-24-12-10-19/h2-4,13H,5-12,14H2,1H3. The highest BCUT2D eigenvalue weighted by Gasteiger charge is 2.27. The van der Waals surface area contributed by atoms with Crippen molar-refractivity contribution in [3.05, 3.63) is 29.8 Å². The second-order valence-electron chi connectivity index (χ2n) is 6.60. The summed E-state index contributed by atoms with van der Waals surface area (Å²) in [5, 5.41) is 0. The van der Waals surface area contributed by atoms with Gasteiger partial charge in [0, 0.05) is 45.8 Å². The van der Waals surface area contributed by atoms with Crippen LogP contribution in [0.4, 0.5) is 0 Å². The van der Waals surface area contributed by atoms with Gasteiger partial charge >= 0.3 is 0 Å². The molecule has 2 aliphatic heterocycles. The molecule has 2 saturated heterocycles. The molecule has 0 saturated carbocycles. The molecule has 0 atom stereocenters. The summed E-state index contributed by atoms with van der Waals surface area (Å²) in [5.41, 5.74) is 0.909. The quantitative estimate of drug-likeness (QED) is 0.676. The zero-order valence-corrected chi connectivity index (χ0v) is 16.5. The molecule has 2 fully saturated rings. The van der Waals surface area contributed by atoms with Crippen LogP contribution in [0.2, 0.25) is 0 Å². The molecule has 2 heterocycles. The van der Waals surface area contributed by atoms with Gasteiger partial charge in [0.1, 0.15) is 0 Å². The fraction of sp³-hybridized carbons (Fsp3) is 0.625. The molecule has 0 bridgehead atoms. The van der Waals surface area contributed by atoms with Crippen molar-refractivity contribution in [1.82, 2.24) is 13.5 Å². The number of hydrogen-bond acceptors (Lipinski definition) is 6. The molecule has 8 nitrogen and oxygen atoms in total. The highest BCUT2D eigenvalue weighted by atomic mass is 32.2. The van der Waals surface area contributed by atoms with Crippen LogP contribution in [0, 0.1) is 0 Å². The van der Waals surface area contributed by atoms with Gasteiger partial charge in [-0.2, -0.15) is 8.61 Å². The Morgan fingerprint density at radius 3 is 2.19 bits per heavy atom. The van der Waals surface area contributed by atoms with E-state index in [0.717, 1.165) is 5.56 Å². The smallest absolute Gasteiger partial charge is 0.243 e. The van der Waals surface area contributed by atoms with Crippen molar-refractivity contribution in [3.8, 4) is 0 Å². The molecule has 0 unspecified atom stereocenters. The molecule has 1 aromatic carbocycles. The Morgan fingerprint density at radius 1 is 0.923 bits per heavy atom. The van der Waals surface area contributed by atoms with Crippen molar-refractivity contribution in [2.75, 3.05) is 58.7 Å². The monoisotopic (exact) mass is 403 g/mol. The van der Waals surface area contributed by atoms with Crippen molar-refractivity contribution >= 4 is 20.0 Å². The largest absolute Gasteiger partial charge is 0.379 e. The summed E-state index contributed by atoms with van der Waals surface area (Å²) in [5.74, 6) is 0. The molecule has 0 aromatic heterocycles. The third-order valence-electron chi connectivity index (χ3n) is 4.71. The Labute approximate surface area is 155 Å². The third kappa shape index (κ3) is 4.62. The maximum Gasteiger partial charge on any atom is 0.243 e. The fourth-order valence-corrected chi connectivity index (χ4v) is 5.52. The first kappa shape index (κ1) is 19.7. The van der Waals surface area contributed by atoms with E-state index in [1.807, 2.05) is 6.07 Å². The van der Waals surface area contributed by atoms with Crippen LogP contribution in [0.5, 0.6) is 0 Å². The van der Waals surface area contributed by atoms with Crippen LogP contribution in [-0.4, -0.2) is 89.1 Å². The zero-order valence-electron chi connectivity index (χ0n) is 14.9. The normalized spacial score (nSPS) is 21.7. The molecule has 0 N–H and O–H groups in total. The summed E-state index contributed by atoms with van der Waals surface area (Å²) in [4.78, 5) is 2.44. The van der Waals surface area contributed by atoms with Gasteiger partial charge in [-0.05, 0) is 17.7 Å². The van der Waals surface area contributed by atoms with Gasteiger partial charge in [0.2, 0.25) is 20.0 Å². The van der Waals surface area contributed by atoms with Crippen LogP contribution in [0.25, 0.3) is 0 Å². The number of sulfonamides is 2. The molecule has 0 aliphatic carbocycles. The number of nitrogens with zero attached hydrogens (tertiary/aromatic N) is 3. The second kappa shape index (κ2) is 7.91. The lowest BCUT2D eigenvalue weighted by Gasteiger charge is -2.33. The first-order chi connectivity index (χ1) is 12.3. The number of ether oxygens (including phenoxy) is 1. The van der Waals surface area contributed by atoms with Crippen LogP contribution in [0.3, 0.4) is 0 Å². The van der Waals surface area contributed by atoms with Crippen LogP contribution in [0.15, 0.2) is 29.2 Å². The maximum absolute atomic E-state index is 12.8. The Hall–Kier alpha value is -1.04. The minimum atomic E-state index is -3.51. The van der Waals surface area contributed by atoms with E-state index in [1.165, 1.54) is 14.9 Å². The van der Waals surface area contributed by atoms with Gasteiger partial charge in [-0.1, -0.05) is 12.1 Å². The van der Waals surface area contributed by atoms with E-state index in [2.05, 4.69) is 4.90 Å². The van der Waals surface area contributed by atoms with Crippen LogP contribution in [-0.2, 0) is 31.3 Å². The van der Waals surface area contributed by atoms with Gasteiger partial charge in [0.15, 0.2) is 0 Å². The molecule has 2 aliphatic rings. The highest BCUT2D eigenvalue weighted by Crippen LogP contribution is 2.19. The number of benzene rings is 1. The van der Waals surface area contributed by atoms with Crippen molar-refractivity contribution < 1.29 is 21.6 Å². The van der Waals surface area contributed by atoms with Gasteiger partial charge in [0.25, 0.3) is 0 Å². The SMILES string of the molecule is CS(=O)(=O)N1CCN(Cc2cccc(S(=O)(=O)N3CCOCC3)c2)CC1. The fourth-order valence-electron chi connectivity index (χ4n) is 3.22. The average molecular weight is 404 g/mol. The summed E-state index contributed by atoms with van der Waals surface area (Å²) in [6, 6.07) is 7.00. The predicted octanol–water partition coefficient (Wildman–Crippen LogP) is -0.215. The van der Waals surface area contributed by atoms with Gasteiger partial charge in [-0.25, -0.2) is 16.8 Å². The lowest BCUT2D eigenvalue weighted by Crippen LogP contribution is -2.47. The van der Waals surface area contributed by atoms with E-state index in [-0.39, 0.29) is 0 Å². The number of hydrogen-bond donors (Lipinski definition) is 0. The summed E-state index contributed by atoms with van der Waals surface area (Å²) in [6.45, 7) is 4.38. The lowest BCUT2D eigenvalue weighted by molar-refractivity contribution is 0.0730. The van der Waals surface area contributed by atoms with Gasteiger partial charge < -0.3 is 4.74 Å². The molecule has 3 rings (SSSR count). The molecular weight excluding hydrogens is 378 g/mol. The average Bonchev–Trinajstić information content (AvgIpc) is 2.62. The molecule has 0 spiro atoms. The summed E-state index contributed by atoms with van der Waals surface area (Å²) < 4.78 is 56.9. The lowest BCUT2D eigenvalue weighted by atomic mass is 10.2. The van der Waals surface area contributed by atoms with E-state index in [4.69, 9.17) is 4.74 Å². The molecule has 0 amide bonds. The van der Waals surface area contributed by atoms with Crippen molar-refractivity contribution in [2.24, 2.45) is 0 Å². The van der Waals surface area contributed by atoms with E-state index in [0.29, 0.717) is 63.9 Å². The Kier molecular flexibility index (Phi) is 6.00.